The van der Waals surface area contributed by atoms with Crippen molar-refractivity contribution in [2.75, 3.05) is 6.61 Å². The van der Waals surface area contributed by atoms with E-state index in [1.807, 2.05) is 0 Å². The van der Waals surface area contributed by atoms with Crippen molar-refractivity contribution in [3.63, 3.8) is 0 Å². The number of nitrogens with zero attached hydrogens (tertiary/aromatic N) is 2. The molecule has 0 fully saturated rings. The Hall–Kier alpha value is -1.90. The van der Waals surface area contributed by atoms with Crippen molar-refractivity contribution in [1.29, 1.82) is 0 Å². The van der Waals surface area contributed by atoms with E-state index in [4.69, 9.17) is 0 Å². The number of hydrogen-bond donors (Lipinski definition) is 1. The molecular weight excluding hydrogens is 243 g/mol. The number of rotatable bonds is 3. The summed E-state index contributed by atoms with van der Waals surface area (Å²) >= 11 is 0. The van der Waals surface area contributed by atoms with Crippen LogP contribution in [-0.2, 0) is 11.9 Å². The zero-order chi connectivity index (χ0) is 13.1. The Morgan fingerprint density at radius 1 is 1.53 bits per heavy atom. The Morgan fingerprint density at radius 3 is 2.71 bits per heavy atom. The molecule has 0 saturated carbocycles. The average Bonchev–Trinajstić information content (AvgIpc) is 2.20. The lowest BCUT2D eigenvalue weighted by molar-refractivity contribution is -0.184. The van der Waals surface area contributed by atoms with Crippen molar-refractivity contribution in [2.45, 2.75) is 6.18 Å². The number of halogens is 3. The molecule has 0 saturated heterocycles. The SMILES string of the molecule is Cn1nc(C(=O)NOCC(F)(F)F)ccc1=O. The summed E-state index contributed by atoms with van der Waals surface area (Å²) in [6.45, 7) is -1.61. The molecule has 0 aliphatic rings. The number of alkyl halides is 3. The molecule has 1 aromatic rings. The molecular formula is C8H8F3N3O3. The molecule has 0 aliphatic heterocycles. The van der Waals surface area contributed by atoms with Crippen LogP contribution in [0.25, 0.3) is 0 Å². The van der Waals surface area contributed by atoms with Crippen molar-refractivity contribution in [3.05, 3.63) is 28.2 Å². The smallest absolute Gasteiger partial charge is 0.268 e. The first-order valence-electron chi connectivity index (χ1n) is 4.33. The maximum atomic E-state index is 11.7. The minimum absolute atomic E-state index is 0.228. The molecule has 0 unspecified atom stereocenters. The number of aromatic nitrogens is 2. The predicted octanol–water partition coefficient (Wildman–Crippen LogP) is 0.00400. The van der Waals surface area contributed by atoms with E-state index < -0.39 is 24.2 Å². The highest BCUT2D eigenvalue weighted by Crippen LogP contribution is 2.13. The van der Waals surface area contributed by atoms with E-state index in [-0.39, 0.29) is 5.69 Å². The fourth-order valence-corrected chi connectivity index (χ4v) is 0.859. The summed E-state index contributed by atoms with van der Waals surface area (Å²) in [7, 11) is 1.30. The van der Waals surface area contributed by atoms with Gasteiger partial charge in [0, 0.05) is 13.1 Å². The number of carbonyl (C=O) groups excluding carboxylic acids is 1. The van der Waals surface area contributed by atoms with Gasteiger partial charge in [0.1, 0.15) is 0 Å². The third kappa shape index (κ3) is 4.23. The van der Waals surface area contributed by atoms with Gasteiger partial charge in [-0.1, -0.05) is 0 Å². The summed E-state index contributed by atoms with van der Waals surface area (Å²) in [5, 5.41) is 3.52. The molecule has 9 heteroatoms. The molecule has 17 heavy (non-hydrogen) atoms. The summed E-state index contributed by atoms with van der Waals surface area (Å²) in [6.07, 6.45) is -4.54. The summed E-state index contributed by atoms with van der Waals surface area (Å²) in [6, 6.07) is 2.14. The number of nitrogens with one attached hydrogen (secondary N) is 1. The second-order valence-corrected chi connectivity index (χ2v) is 3.02. The van der Waals surface area contributed by atoms with E-state index in [0.717, 1.165) is 16.8 Å². The predicted molar refractivity (Wildman–Crippen MR) is 49.0 cm³/mol. The van der Waals surface area contributed by atoms with Crippen LogP contribution in [0.5, 0.6) is 0 Å². The minimum atomic E-state index is -4.54. The average molecular weight is 251 g/mol. The molecule has 1 amide bonds. The zero-order valence-electron chi connectivity index (χ0n) is 8.61. The first-order chi connectivity index (χ1) is 7.79. The number of carbonyl (C=O) groups is 1. The van der Waals surface area contributed by atoms with Gasteiger partial charge in [-0.3, -0.25) is 14.4 Å². The van der Waals surface area contributed by atoms with Crippen LogP contribution in [0.1, 0.15) is 10.5 Å². The molecule has 94 valence electrons. The lowest BCUT2D eigenvalue weighted by atomic mass is 10.4. The van der Waals surface area contributed by atoms with Crippen LogP contribution in [0, 0.1) is 0 Å². The Labute approximate surface area is 92.9 Å². The Balaban J connectivity index is 2.59. The molecule has 0 spiro atoms. The Kier molecular flexibility index (Phi) is 3.84. The lowest BCUT2D eigenvalue weighted by Gasteiger charge is -2.08. The molecule has 0 bridgehead atoms. The summed E-state index contributed by atoms with van der Waals surface area (Å²) < 4.78 is 35.9. The summed E-state index contributed by atoms with van der Waals surface area (Å²) in [5.41, 5.74) is 0.891. The van der Waals surface area contributed by atoms with Gasteiger partial charge in [0.2, 0.25) is 0 Å². The minimum Gasteiger partial charge on any atom is -0.268 e. The van der Waals surface area contributed by atoms with Gasteiger partial charge in [0.15, 0.2) is 12.3 Å². The summed E-state index contributed by atoms with van der Waals surface area (Å²) in [4.78, 5) is 26.1. The Morgan fingerprint density at radius 2 is 2.18 bits per heavy atom. The van der Waals surface area contributed by atoms with Gasteiger partial charge in [0.05, 0.1) is 0 Å². The van der Waals surface area contributed by atoms with E-state index in [9.17, 15) is 22.8 Å². The van der Waals surface area contributed by atoms with Crippen LogP contribution in [0.2, 0.25) is 0 Å². The zero-order valence-corrected chi connectivity index (χ0v) is 8.61. The van der Waals surface area contributed by atoms with Gasteiger partial charge in [-0.25, -0.2) is 10.2 Å². The molecule has 1 aromatic heterocycles. The number of hydroxylamine groups is 1. The van der Waals surface area contributed by atoms with Gasteiger partial charge in [-0.05, 0) is 6.07 Å². The highest BCUT2D eigenvalue weighted by atomic mass is 19.4. The van der Waals surface area contributed by atoms with Crippen molar-refractivity contribution >= 4 is 5.91 Å². The Bertz CT molecular complexity index is 469. The van der Waals surface area contributed by atoms with E-state index in [2.05, 4.69) is 9.94 Å². The van der Waals surface area contributed by atoms with Crippen molar-refractivity contribution in [1.82, 2.24) is 15.3 Å². The fraction of sp³-hybridized carbons (Fsp3) is 0.375. The van der Waals surface area contributed by atoms with Gasteiger partial charge in [-0.15, -0.1) is 0 Å². The van der Waals surface area contributed by atoms with E-state index >= 15 is 0 Å². The third-order valence-corrected chi connectivity index (χ3v) is 1.59. The molecule has 1 rings (SSSR count). The number of amides is 1. The van der Waals surface area contributed by atoms with Crippen molar-refractivity contribution in [3.8, 4) is 0 Å². The van der Waals surface area contributed by atoms with Crippen LogP contribution >= 0.6 is 0 Å². The molecule has 0 atom stereocenters. The summed E-state index contributed by atoms with van der Waals surface area (Å²) in [5.74, 6) is -0.968. The first kappa shape index (κ1) is 13.2. The number of aryl methyl sites for hydroxylation is 1. The van der Waals surface area contributed by atoms with Gasteiger partial charge >= 0.3 is 6.18 Å². The monoisotopic (exact) mass is 251 g/mol. The quantitative estimate of drug-likeness (QED) is 0.768. The molecule has 0 aromatic carbocycles. The van der Waals surface area contributed by atoms with Gasteiger partial charge in [0.25, 0.3) is 11.5 Å². The molecule has 0 radical (unpaired) electrons. The molecule has 6 nitrogen and oxygen atoms in total. The van der Waals surface area contributed by atoms with Crippen LogP contribution in [0.4, 0.5) is 13.2 Å². The second kappa shape index (κ2) is 4.95. The van der Waals surface area contributed by atoms with Crippen molar-refractivity contribution in [2.24, 2.45) is 7.05 Å². The molecule has 1 heterocycles. The topological polar surface area (TPSA) is 73.2 Å². The normalized spacial score (nSPS) is 11.3. The second-order valence-electron chi connectivity index (χ2n) is 3.02. The number of hydrogen-bond acceptors (Lipinski definition) is 4. The van der Waals surface area contributed by atoms with Crippen LogP contribution < -0.4 is 11.0 Å². The van der Waals surface area contributed by atoms with Crippen LogP contribution in [0.3, 0.4) is 0 Å². The van der Waals surface area contributed by atoms with Gasteiger partial charge < -0.3 is 0 Å². The third-order valence-electron chi connectivity index (χ3n) is 1.59. The lowest BCUT2D eigenvalue weighted by Crippen LogP contribution is -2.31. The van der Waals surface area contributed by atoms with Crippen LogP contribution in [0.15, 0.2) is 16.9 Å². The first-order valence-corrected chi connectivity index (χ1v) is 4.33. The highest BCUT2D eigenvalue weighted by molar-refractivity contribution is 5.91. The fourth-order valence-electron chi connectivity index (χ4n) is 0.859. The highest BCUT2D eigenvalue weighted by Gasteiger charge is 2.28. The molecule has 0 aliphatic carbocycles. The van der Waals surface area contributed by atoms with E-state index in [1.54, 1.807) is 5.48 Å². The maximum absolute atomic E-state index is 11.7. The standard InChI is InChI=1S/C8H8F3N3O3/c1-14-6(15)3-2-5(12-14)7(16)13-17-4-8(9,10)11/h2-3H,4H2,1H3,(H,13,16). The maximum Gasteiger partial charge on any atom is 0.414 e. The molecule has 1 N–H and O–H groups in total. The largest absolute Gasteiger partial charge is 0.414 e. The van der Waals surface area contributed by atoms with E-state index in [0.29, 0.717) is 0 Å². The van der Waals surface area contributed by atoms with Crippen LogP contribution in [-0.4, -0.2) is 28.5 Å². The van der Waals surface area contributed by atoms with E-state index in [1.165, 1.54) is 7.05 Å². The van der Waals surface area contributed by atoms with Gasteiger partial charge in [-0.2, -0.15) is 18.3 Å². The van der Waals surface area contributed by atoms with Crippen molar-refractivity contribution < 1.29 is 22.8 Å².